The Kier molecular flexibility index (Phi) is 5.50. The zero-order valence-corrected chi connectivity index (χ0v) is 15.7. The van der Waals surface area contributed by atoms with Gasteiger partial charge in [0.05, 0.1) is 6.54 Å². The van der Waals surface area contributed by atoms with Gasteiger partial charge in [-0.1, -0.05) is 57.9 Å². The standard InChI is InChI=1S/C17H14BrClN4S/c18-13-6-8-14(9-7-13)20-17(24)21-16-15(19)11-23(22-16)10-12-4-2-1-3-5-12/h1-9,11H,10H2,(H2,20,21,22,24). The average Bonchev–Trinajstić information content (AvgIpc) is 2.90. The fourth-order valence-corrected chi connectivity index (χ4v) is 2.81. The van der Waals surface area contributed by atoms with Crippen LogP contribution in [-0.2, 0) is 6.54 Å². The third kappa shape index (κ3) is 4.56. The first-order valence-corrected chi connectivity index (χ1v) is 8.78. The summed E-state index contributed by atoms with van der Waals surface area (Å²) >= 11 is 14.9. The van der Waals surface area contributed by atoms with Crippen LogP contribution in [0.5, 0.6) is 0 Å². The molecule has 7 heteroatoms. The lowest BCUT2D eigenvalue weighted by atomic mass is 10.2. The van der Waals surface area contributed by atoms with Gasteiger partial charge in [-0.3, -0.25) is 4.68 Å². The molecule has 0 fully saturated rings. The van der Waals surface area contributed by atoms with Gasteiger partial charge in [-0.15, -0.1) is 0 Å². The number of nitrogens with one attached hydrogen (secondary N) is 2. The van der Waals surface area contributed by atoms with Gasteiger partial charge < -0.3 is 10.6 Å². The van der Waals surface area contributed by atoms with Crippen molar-refractivity contribution in [2.45, 2.75) is 6.54 Å². The molecule has 0 aliphatic heterocycles. The van der Waals surface area contributed by atoms with E-state index in [1.54, 1.807) is 10.9 Å². The molecule has 2 aromatic carbocycles. The second-order valence-electron chi connectivity index (χ2n) is 5.09. The van der Waals surface area contributed by atoms with E-state index in [0.29, 0.717) is 22.5 Å². The highest BCUT2D eigenvalue weighted by atomic mass is 79.9. The molecule has 0 aliphatic rings. The lowest BCUT2D eigenvalue weighted by Gasteiger charge is -2.09. The number of aromatic nitrogens is 2. The van der Waals surface area contributed by atoms with Crippen LogP contribution in [0.2, 0.25) is 5.02 Å². The number of hydrogen-bond donors (Lipinski definition) is 2. The van der Waals surface area contributed by atoms with E-state index < -0.39 is 0 Å². The summed E-state index contributed by atoms with van der Waals surface area (Å²) in [6, 6.07) is 17.8. The molecule has 0 spiro atoms. The molecule has 4 nitrogen and oxygen atoms in total. The first-order chi connectivity index (χ1) is 11.6. The SMILES string of the molecule is S=C(Nc1ccc(Br)cc1)Nc1nn(Cc2ccccc2)cc1Cl. The summed E-state index contributed by atoms with van der Waals surface area (Å²) in [4.78, 5) is 0. The largest absolute Gasteiger partial charge is 0.332 e. The fraction of sp³-hybridized carbons (Fsp3) is 0.0588. The van der Waals surface area contributed by atoms with Crippen molar-refractivity contribution in [1.29, 1.82) is 0 Å². The summed E-state index contributed by atoms with van der Waals surface area (Å²) in [6.45, 7) is 0.648. The van der Waals surface area contributed by atoms with E-state index in [1.807, 2.05) is 54.6 Å². The van der Waals surface area contributed by atoms with E-state index in [0.717, 1.165) is 15.7 Å². The van der Waals surface area contributed by atoms with Crippen molar-refractivity contribution in [2.75, 3.05) is 10.6 Å². The Morgan fingerprint density at radius 2 is 1.79 bits per heavy atom. The minimum Gasteiger partial charge on any atom is -0.332 e. The van der Waals surface area contributed by atoms with Gasteiger partial charge in [-0.25, -0.2) is 0 Å². The van der Waals surface area contributed by atoms with Crippen molar-refractivity contribution in [3.63, 3.8) is 0 Å². The third-order valence-corrected chi connectivity index (χ3v) is 4.25. The Balaban J connectivity index is 1.64. The molecular weight excluding hydrogens is 408 g/mol. The minimum atomic E-state index is 0.434. The summed E-state index contributed by atoms with van der Waals surface area (Å²) in [5.74, 6) is 0.530. The van der Waals surface area contributed by atoms with Gasteiger partial charge in [0.1, 0.15) is 5.02 Å². The van der Waals surface area contributed by atoms with Gasteiger partial charge in [-0.2, -0.15) is 5.10 Å². The topological polar surface area (TPSA) is 41.9 Å². The van der Waals surface area contributed by atoms with Crippen LogP contribution >= 0.6 is 39.7 Å². The molecule has 0 bridgehead atoms. The molecule has 0 saturated carbocycles. The van der Waals surface area contributed by atoms with E-state index in [4.69, 9.17) is 23.8 Å². The van der Waals surface area contributed by atoms with Gasteiger partial charge in [0.25, 0.3) is 0 Å². The molecule has 0 aliphatic carbocycles. The molecule has 0 amide bonds. The summed E-state index contributed by atoms with van der Waals surface area (Å²) in [6.07, 6.45) is 1.78. The van der Waals surface area contributed by atoms with Gasteiger partial charge in [0.15, 0.2) is 10.9 Å². The number of rotatable bonds is 4. The van der Waals surface area contributed by atoms with Crippen molar-refractivity contribution in [3.05, 3.63) is 75.9 Å². The number of benzene rings is 2. The molecule has 122 valence electrons. The van der Waals surface area contributed by atoms with Crippen LogP contribution in [0.1, 0.15) is 5.56 Å². The minimum absolute atomic E-state index is 0.434. The number of hydrogen-bond acceptors (Lipinski definition) is 2. The lowest BCUT2D eigenvalue weighted by molar-refractivity contribution is 0.690. The number of thiocarbonyl (C=S) groups is 1. The van der Waals surface area contributed by atoms with Crippen molar-refractivity contribution in [1.82, 2.24) is 9.78 Å². The maximum absolute atomic E-state index is 6.24. The Morgan fingerprint density at radius 1 is 1.08 bits per heavy atom. The van der Waals surface area contributed by atoms with Crippen LogP contribution in [0.4, 0.5) is 11.5 Å². The quantitative estimate of drug-likeness (QED) is 0.571. The number of nitrogens with zero attached hydrogens (tertiary/aromatic N) is 2. The Hall–Kier alpha value is -1.89. The van der Waals surface area contributed by atoms with E-state index >= 15 is 0 Å². The average molecular weight is 422 g/mol. The second-order valence-corrected chi connectivity index (χ2v) is 6.83. The zero-order chi connectivity index (χ0) is 16.9. The Bertz CT molecular complexity index is 834. The van der Waals surface area contributed by atoms with Crippen LogP contribution < -0.4 is 10.6 Å². The summed E-state index contributed by atoms with van der Waals surface area (Å²) in [5.41, 5.74) is 2.04. The third-order valence-electron chi connectivity index (χ3n) is 3.24. The van der Waals surface area contributed by atoms with Crippen LogP contribution in [0, 0.1) is 0 Å². The summed E-state index contributed by atoms with van der Waals surface area (Å²) in [5, 5.41) is 11.5. The predicted octanol–water partition coefficient (Wildman–Crippen LogP) is 5.16. The maximum Gasteiger partial charge on any atom is 0.176 e. The fourth-order valence-electron chi connectivity index (χ4n) is 2.14. The molecule has 24 heavy (non-hydrogen) atoms. The van der Waals surface area contributed by atoms with Crippen molar-refractivity contribution < 1.29 is 0 Å². The summed E-state index contributed by atoms with van der Waals surface area (Å²) in [7, 11) is 0. The highest BCUT2D eigenvalue weighted by Gasteiger charge is 2.09. The van der Waals surface area contributed by atoms with E-state index in [1.165, 1.54) is 0 Å². The maximum atomic E-state index is 6.24. The van der Waals surface area contributed by atoms with Gasteiger partial charge >= 0.3 is 0 Å². The van der Waals surface area contributed by atoms with Crippen molar-refractivity contribution >= 4 is 56.4 Å². The van der Waals surface area contributed by atoms with E-state index in [-0.39, 0.29) is 0 Å². The molecule has 3 aromatic rings. The molecule has 1 heterocycles. The smallest absolute Gasteiger partial charge is 0.176 e. The highest BCUT2D eigenvalue weighted by Crippen LogP contribution is 2.21. The van der Waals surface area contributed by atoms with Gasteiger partial charge in [-0.05, 0) is 42.0 Å². The monoisotopic (exact) mass is 420 g/mol. The molecular formula is C17H14BrClN4S. The molecule has 0 saturated heterocycles. The predicted molar refractivity (Wildman–Crippen MR) is 107 cm³/mol. The van der Waals surface area contributed by atoms with Crippen molar-refractivity contribution in [2.24, 2.45) is 0 Å². The number of halogens is 2. The molecule has 2 N–H and O–H groups in total. The first-order valence-electron chi connectivity index (χ1n) is 7.20. The Morgan fingerprint density at radius 3 is 2.50 bits per heavy atom. The van der Waals surface area contributed by atoms with Gasteiger partial charge in [0.2, 0.25) is 0 Å². The van der Waals surface area contributed by atoms with Crippen LogP contribution in [0.25, 0.3) is 0 Å². The first kappa shape index (κ1) is 17.0. The molecule has 0 radical (unpaired) electrons. The number of anilines is 2. The molecule has 0 atom stereocenters. The van der Waals surface area contributed by atoms with E-state index in [9.17, 15) is 0 Å². The van der Waals surface area contributed by atoms with Crippen LogP contribution in [0.3, 0.4) is 0 Å². The second kappa shape index (κ2) is 7.79. The normalized spacial score (nSPS) is 10.4. The van der Waals surface area contributed by atoms with Gasteiger partial charge in [0, 0.05) is 16.4 Å². The lowest BCUT2D eigenvalue weighted by Crippen LogP contribution is -2.19. The molecule has 3 rings (SSSR count). The molecule has 0 unspecified atom stereocenters. The summed E-state index contributed by atoms with van der Waals surface area (Å²) < 4.78 is 2.79. The zero-order valence-electron chi connectivity index (χ0n) is 12.5. The Labute approximate surface area is 159 Å². The van der Waals surface area contributed by atoms with Crippen molar-refractivity contribution in [3.8, 4) is 0 Å². The highest BCUT2D eigenvalue weighted by molar-refractivity contribution is 9.10. The van der Waals surface area contributed by atoms with E-state index in [2.05, 4.69) is 31.7 Å². The van der Waals surface area contributed by atoms with Crippen LogP contribution in [-0.4, -0.2) is 14.9 Å². The molecule has 1 aromatic heterocycles. The van der Waals surface area contributed by atoms with Crippen LogP contribution in [0.15, 0.2) is 65.3 Å².